The first-order valence-corrected chi connectivity index (χ1v) is 8.19. The van der Waals surface area contributed by atoms with Gasteiger partial charge in [-0.2, -0.15) is 0 Å². The van der Waals surface area contributed by atoms with Crippen molar-refractivity contribution in [2.75, 3.05) is 6.54 Å². The molecule has 1 rings (SSSR count). The molecule has 1 aliphatic heterocycles. The fourth-order valence-corrected chi connectivity index (χ4v) is 2.45. The smallest absolute Gasteiger partial charge is 0.223 e. The standard InChI is InChI=1S/C10H21NO2Si/c1-10(2,14(3,4)13)7-8-5-6-11-9(8)12/h8,13H,5-7H2,1-4H3,(H,11,12)/t8-/m1/s1. The molecule has 4 heteroatoms. The normalized spacial score (nSPS) is 23.8. The average Bonchev–Trinajstić information content (AvgIpc) is 2.33. The SMILES string of the molecule is CC(C)(C[C@H]1CCNC1=O)[Si](C)(C)O. The second kappa shape index (κ2) is 3.66. The quantitative estimate of drug-likeness (QED) is 0.701. The number of amides is 1. The van der Waals surface area contributed by atoms with Crippen LogP contribution in [0.3, 0.4) is 0 Å². The molecule has 0 bridgehead atoms. The maximum absolute atomic E-state index is 11.4. The van der Waals surface area contributed by atoms with E-state index < -0.39 is 8.32 Å². The average molecular weight is 215 g/mol. The van der Waals surface area contributed by atoms with Gasteiger partial charge in [0.25, 0.3) is 0 Å². The molecule has 0 aliphatic carbocycles. The van der Waals surface area contributed by atoms with Crippen molar-refractivity contribution in [3.63, 3.8) is 0 Å². The van der Waals surface area contributed by atoms with Crippen LogP contribution < -0.4 is 5.32 Å². The summed E-state index contributed by atoms with van der Waals surface area (Å²) >= 11 is 0. The molecule has 0 unspecified atom stereocenters. The monoisotopic (exact) mass is 215 g/mol. The van der Waals surface area contributed by atoms with Crippen LogP contribution in [0.2, 0.25) is 18.1 Å². The molecule has 1 heterocycles. The van der Waals surface area contributed by atoms with Crippen LogP contribution in [0.1, 0.15) is 26.7 Å². The summed E-state index contributed by atoms with van der Waals surface area (Å²) in [4.78, 5) is 21.5. The van der Waals surface area contributed by atoms with E-state index in [2.05, 4.69) is 19.2 Å². The summed E-state index contributed by atoms with van der Waals surface area (Å²) in [5, 5.41) is 2.75. The Kier molecular flexibility index (Phi) is 3.06. The van der Waals surface area contributed by atoms with E-state index in [9.17, 15) is 9.59 Å². The highest BCUT2D eigenvalue weighted by molar-refractivity contribution is 6.72. The molecule has 0 aromatic carbocycles. The molecule has 1 saturated heterocycles. The highest BCUT2D eigenvalue weighted by atomic mass is 28.4. The van der Waals surface area contributed by atoms with Gasteiger partial charge in [-0.15, -0.1) is 0 Å². The van der Waals surface area contributed by atoms with E-state index in [-0.39, 0.29) is 16.9 Å². The first-order chi connectivity index (χ1) is 6.24. The van der Waals surface area contributed by atoms with Gasteiger partial charge in [-0.05, 0) is 31.0 Å². The minimum Gasteiger partial charge on any atom is -0.432 e. The summed E-state index contributed by atoms with van der Waals surface area (Å²) in [5.74, 6) is 0.278. The van der Waals surface area contributed by atoms with Crippen LogP contribution in [0.5, 0.6) is 0 Å². The number of nitrogens with one attached hydrogen (secondary N) is 1. The second-order valence-corrected chi connectivity index (χ2v) is 9.90. The highest BCUT2D eigenvalue weighted by Crippen LogP contribution is 2.42. The van der Waals surface area contributed by atoms with E-state index >= 15 is 0 Å². The van der Waals surface area contributed by atoms with Gasteiger partial charge < -0.3 is 10.1 Å². The maximum atomic E-state index is 11.4. The minimum absolute atomic E-state index is 0.0840. The molecule has 0 aromatic rings. The van der Waals surface area contributed by atoms with Crippen LogP contribution in [0.15, 0.2) is 0 Å². The van der Waals surface area contributed by atoms with Crippen LogP contribution in [-0.4, -0.2) is 25.6 Å². The first kappa shape index (κ1) is 11.7. The van der Waals surface area contributed by atoms with Crippen molar-refractivity contribution in [2.24, 2.45) is 5.92 Å². The van der Waals surface area contributed by atoms with Crippen molar-refractivity contribution in [1.82, 2.24) is 5.32 Å². The van der Waals surface area contributed by atoms with Crippen molar-refractivity contribution >= 4 is 14.2 Å². The fourth-order valence-electron chi connectivity index (χ4n) is 1.71. The van der Waals surface area contributed by atoms with Crippen LogP contribution >= 0.6 is 0 Å². The first-order valence-electron chi connectivity index (χ1n) is 5.24. The molecule has 0 saturated carbocycles. The van der Waals surface area contributed by atoms with E-state index in [1.807, 2.05) is 13.1 Å². The molecule has 14 heavy (non-hydrogen) atoms. The molecule has 1 fully saturated rings. The number of carbonyl (C=O) groups excluding carboxylic acids is 1. The predicted octanol–water partition coefficient (Wildman–Crippen LogP) is 1.49. The molecule has 2 N–H and O–H groups in total. The Morgan fingerprint density at radius 1 is 1.57 bits per heavy atom. The van der Waals surface area contributed by atoms with Crippen LogP contribution in [0, 0.1) is 5.92 Å². The molecule has 1 atom stereocenters. The third kappa shape index (κ3) is 2.36. The Hall–Kier alpha value is -0.353. The van der Waals surface area contributed by atoms with Gasteiger partial charge in [0.2, 0.25) is 5.91 Å². The van der Waals surface area contributed by atoms with E-state index in [0.29, 0.717) is 0 Å². The largest absolute Gasteiger partial charge is 0.432 e. The topological polar surface area (TPSA) is 49.3 Å². The van der Waals surface area contributed by atoms with Crippen molar-refractivity contribution in [3.8, 4) is 0 Å². The molecule has 0 radical (unpaired) electrons. The fraction of sp³-hybridized carbons (Fsp3) is 0.900. The van der Waals surface area contributed by atoms with Crippen molar-refractivity contribution < 1.29 is 9.59 Å². The second-order valence-electron chi connectivity index (χ2n) is 5.42. The molecule has 0 aromatic heterocycles. The Morgan fingerprint density at radius 3 is 2.50 bits per heavy atom. The molecule has 1 amide bonds. The molecule has 3 nitrogen and oxygen atoms in total. The van der Waals surface area contributed by atoms with Crippen LogP contribution in [-0.2, 0) is 4.79 Å². The van der Waals surface area contributed by atoms with Gasteiger partial charge >= 0.3 is 0 Å². The maximum Gasteiger partial charge on any atom is 0.223 e. The summed E-state index contributed by atoms with van der Waals surface area (Å²) < 4.78 is 0. The molecular weight excluding hydrogens is 194 g/mol. The zero-order valence-corrected chi connectivity index (χ0v) is 10.6. The third-order valence-electron chi connectivity index (χ3n) is 3.58. The highest BCUT2D eigenvalue weighted by Gasteiger charge is 2.41. The molecule has 0 spiro atoms. The lowest BCUT2D eigenvalue weighted by Crippen LogP contribution is -2.40. The van der Waals surface area contributed by atoms with E-state index in [0.717, 1.165) is 19.4 Å². The molecule has 1 aliphatic rings. The number of hydrogen-bond donors (Lipinski definition) is 2. The molecular formula is C10H21NO2Si. The molecule has 82 valence electrons. The lowest BCUT2D eigenvalue weighted by Gasteiger charge is -2.36. The van der Waals surface area contributed by atoms with Crippen LogP contribution in [0.25, 0.3) is 0 Å². The Bertz CT molecular complexity index is 233. The Morgan fingerprint density at radius 2 is 2.14 bits per heavy atom. The van der Waals surface area contributed by atoms with Crippen LogP contribution in [0.4, 0.5) is 0 Å². The van der Waals surface area contributed by atoms with E-state index in [1.54, 1.807) is 0 Å². The van der Waals surface area contributed by atoms with Gasteiger partial charge in [-0.1, -0.05) is 13.8 Å². The zero-order chi connectivity index (χ0) is 11.0. The summed E-state index contributed by atoms with van der Waals surface area (Å²) in [5.41, 5.74) is 0. The summed E-state index contributed by atoms with van der Waals surface area (Å²) in [6, 6.07) is 0. The lowest BCUT2D eigenvalue weighted by molar-refractivity contribution is -0.122. The summed E-state index contributed by atoms with van der Waals surface area (Å²) in [6.07, 6.45) is 1.74. The van der Waals surface area contributed by atoms with E-state index in [1.165, 1.54) is 0 Å². The summed E-state index contributed by atoms with van der Waals surface area (Å²) in [6.45, 7) is 8.84. The van der Waals surface area contributed by atoms with Crippen molar-refractivity contribution in [1.29, 1.82) is 0 Å². The minimum atomic E-state index is -2.16. The lowest BCUT2D eigenvalue weighted by atomic mass is 9.95. The Labute approximate surface area is 87.0 Å². The third-order valence-corrected chi connectivity index (χ3v) is 7.09. The van der Waals surface area contributed by atoms with Gasteiger partial charge in [-0.3, -0.25) is 4.79 Å². The van der Waals surface area contributed by atoms with Gasteiger partial charge in [0.1, 0.15) is 0 Å². The van der Waals surface area contributed by atoms with Gasteiger partial charge in [-0.25, -0.2) is 0 Å². The number of hydrogen-bond acceptors (Lipinski definition) is 2. The van der Waals surface area contributed by atoms with Crippen molar-refractivity contribution in [3.05, 3.63) is 0 Å². The summed E-state index contributed by atoms with van der Waals surface area (Å²) in [7, 11) is -2.16. The Balaban J connectivity index is 2.63. The predicted molar refractivity (Wildman–Crippen MR) is 59.5 cm³/mol. The number of carbonyl (C=O) groups is 1. The van der Waals surface area contributed by atoms with Gasteiger partial charge in [0.05, 0.1) is 0 Å². The zero-order valence-electron chi connectivity index (χ0n) is 9.55. The van der Waals surface area contributed by atoms with E-state index in [4.69, 9.17) is 0 Å². The van der Waals surface area contributed by atoms with Gasteiger partial charge in [0, 0.05) is 12.5 Å². The van der Waals surface area contributed by atoms with Crippen molar-refractivity contribution in [2.45, 2.75) is 44.8 Å². The van der Waals surface area contributed by atoms with Gasteiger partial charge in [0.15, 0.2) is 8.32 Å². The number of rotatable bonds is 3.